The fraction of sp³-hybridized carbons (Fsp3) is 0.875. The lowest BCUT2D eigenvalue weighted by Crippen LogP contribution is -2.10. The average molecular weight is 426 g/mol. The highest BCUT2D eigenvalue weighted by Gasteiger charge is 2.07. The highest BCUT2D eigenvalue weighted by Crippen LogP contribution is 2.16. The van der Waals surface area contributed by atoms with Gasteiger partial charge in [-0.05, 0) is 17.9 Å². The van der Waals surface area contributed by atoms with Gasteiger partial charge in [0.15, 0.2) is 0 Å². The molecule has 0 bridgehead atoms. The number of aromatic nitrogens is 2. The molecule has 0 aliphatic rings. The number of anilines is 1. The summed E-state index contributed by atoms with van der Waals surface area (Å²) in [5.74, 6) is 2.64. The van der Waals surface area contributed by atoms with Gasteiger partial charge in [0.25, 0.3) is 0 Å². The molecule has 1 aromatic rings. The summed E-state index contributed by atoms with van der Waals surface area (Å²) in [4.78, 5) is 0. The first-order valence-electron chi connectivity index (χ1n) is 12.3. The number of rotatable bonds is 21. The van der Waals surface area contributed by atoms with Crippen LogP contribution in [0, 0.1) is 0 Å². The van der Waals surface area contributed by atoms with Crippen molar-refractivity contribution in [3.8, 4) is 0 Å². The van der Waals surface area contributed by atoms with Crippen LogP contribution >= 0.6 is 11.8 Å². The van der Waals surface area contributed by atoms with Crippen LogP contribution in [0.4, 0.5) is 5.82 Å². The van der Waals surface area contributed by atoms with Crippen molar-refractivity contribution < 1.29 is 5.11 Å². The number of hydrogen-bond acceptors (Lipinski definition) is 4. The fourth-order valence-corrected chi connectivity index (χ4v) is 4.68. The van der Waals surface area contributed by atoms with Gasteiger partial charge in [0.1, 0.15) is 12.0 Å². The van der Waals surface area contributed by atoms with Crippen LogP contribution < -0.4 is 5.73 Å². The second kappa shape index (κ2) is 19.3. The van der Waals surface area contributed by atoms with E-state index >= 15 is 0 Å². The molecule has 0 radical (unpaired) electrons. The minimum Gasteiger partial charge on any atom is -0.382 e. The third-order valence-corrected chi connectivity index (χ3v) is 6.70. The summed E-state index contributed by atoms with van der Waals surface area (Å²) in [6.45, 7) is 2.29. The number of nitrogen functional groups attached to an aromatic ring is 1. The highest BCUT2D eigenvalue weighted by molar-refractivity contribution is 7.99. The Bertz CT molecular complexity index is 467. The van der Waals surface area contributed by atoms with Crippen LogP contribution in [0.25, 0.3) is 0 Å². The van der Waals surface area contributed by atoms with Crippen LogP contribution in [0.15, 0.2) is 12.3 Å². The van der Waals surface area contributed by atoms with Gasteiger partial charge in [-0.1, -0.05) is 103 Å². The highest BCUT2D eigenvalue weighted by atomic mass is 32.2. The van der Waals surface area contributed by atoms with E-state index in [0.29, 0.717) is 5.82 Å². The molecule has 0 aromatic carbocycles. The van der Waals surface area contributed by atoms with Gasteiger partial charge in [-0.2, -0.15) is 16.9 Å². The lowest BCUT2D eigenvalue weighted by molar-refractivity contribution is 0.0883. The van der Waals surface area contributed by atoms with E-state index in [1.807, 2.05) is 11.8 Å². The smallest absolute Gasteiger partial charge is 0.147 e. The lowest BCUT2D eigenvalue weighted by Gasteiger charge is -2.10. The summed E-state index contributed by atoms with van der Waals surface area (Å²) in [6, 6.07) is 1.72. The van der Waals surface area contributed by atoms with Crippen LogP contribution in [0.2, 0.25) is 0 Å². The number of nitrogens with zero attached hydrogens (tertiary/aromatic N) is 2. The maximum atomic E-state index is 10.0. The zero-order chi connectivity index (χ0) is 21.0. The molecule has 170 valence electrons. The molecule has 5 heteroatoms. The van der Waals surface area contributed by atoms with Crippen molar-refractivity contribution in [3.63, 3.8) is 0 Å². The third-order valence-electron chi connectivity index (χ3n) is 5.60. The second-order valence-electron chi connectivity index (χ2n) is 8.41. The van der Waals surface area contributed by atoms with Crippen LogP contribution in [-0.2, 0) is 0 Å². The van der Waals surface area contributed by atoms with Crippen molar-refractivity contribution in [1.82, 2.24) is 9.78 Å². The Hall–Kier alpha value is -0.680. The van der Waals surface area contributed by atoms with Gasteiger partial charge in [0, 0.05) is 18.7 Å². The number of unbranched alkanes of at least 4 members (excludes halogenated alkanes) is 15. The molecular formula is C24H47N3OS. The van der Waals surface area contributed by atoms with Crippen molar-refractivity contribution in [3.05, 3.63) is 12.3 Å². The molecule has 0 amide bonds. The number of hydrogen-bond donors (Lipinski definition) is 2. The van der Waals surface area contributed by atoms with Crippen molar-refractivity contribution in [1.29, 1.82) is 0 Å². The number of aliphatic hydroxyl groups is 1. The van der Waals surface area contributed by atoms with Gasteiger partial charge in [-0.15, -0.1) is 0 Å². The largest absolute Gasteiger partial charge is 0.382 e. The maximum Gasteiger partial charge on any atom is 0.147 e. The van der Waals surface area contributed by atoms with Crippen molar-refractivity contribution in [2.75, 3.05) is 17.2 Å². The summed E-state index contributed by atoms with van der Waals surface area (Å²) in [5.41, 5.74) is 5.57. The van der Waals surface area contributed by atoms with E-state index in [1.165, 1.54) is 108 Å². The van der Waals surface area contributed by atoms with Gasteiger partial charge < -0.3 is 10.8 Å². The molecule has 0 aliphatic carbocycles. The summed E-state index contributed by atoms with van der Waals surface area (Å²) in [6.07, 6.45) is 24.6. The Morgan fingerprint density at radius 2 is 1.31 bits per heavy atom. The monoisotopic (exact) mass is 425 g/mol. The van der Waals surface area contributed by atoms with Gasteiger partial charge >= 0.3 is 0 Å². The number of aliphatic hydroxyl groups excluding tert-OH is 1. The fourth-order valence-electron chi connectivity index (χ4n) is 3.69. The molecule has 1 aromatic heterocycles. The number of nitrogens with two attached hydrogens (primary N) is 1. The van der Waals surface area contributed by atoms with E-state index in [1.54, 1.807) is 16.9 Å². The second-order valence-corrected chi connectivity index (χ2v) is 9.63. The van der Waals surface area contributed by atoms with E-state index < -0.39 is 6.23 Å². The first kappa shape index (κ1) is 26.4. The van der Waals surface area contributed by atoms with E-state index in [0.717, 1.165) is 12.2 Å². The zero-order valence-electron chi connectivity index (χ0n) is 19.0. The summed E-state index contributed by atoms with van der Waals surface area (Å²) >= 11 is 1.94. The molecule has 1 rings (SSSR count). The zero-order valence-corrected chi connectivity index (χ0v) is 19.8. The lowest BCUT2D eigenvalue weighted by atomic mass is 10.0. The predicted octanol–water partition coefficient (Wildman–Crippen LogP) is 7.34. The van der Waals surface area contributed by atoms with Gasteiger partial charge in [0.05, 0.1) is 0 Å². The molecule has 0 saturated heterocycles. The molecule has 3 N–H and O–H groups in total. The van der Waals surface area contributed by atoms with E-state index in [-0.39, 0.29) is 0 Å². The van der Waals surface area contributed by atoms with Crippen LogP contribution in [0.5, 0.6) is 0 Å². The normalized spacial score (nSPS) is 12.5. The SMILES string of the molecule is CCCCCCCCCCCCCCCCCCSCCC(O)n1ccc(N)n1. The van der Waals surface area contributed by atoms with Gasteiger partial charge in [-0.25, -0.2) is 4.68 Å². The Kier molecular flexibility index (Phi) is 17.5. The minimum atomic E-state index is -0.550. The molecule has 0 saturated carbocycles. The van der Waals surface area contributed by atoms with E-state index in [2.05, 4.69) is 12.0 Å². The Balaban J connectivity index is 1.72. The van der Waals surface area contributed by atoms with Crippen LogP contribution in [0.1, 0.15) is 122 Å². The van der Waals surface area contributed by atoms with Crippen LogP contribution in [-0.4, -0.2) is 26.4 Å². The molecule has 1 heterocycles. The predicted molar refractivity (Wildman–Crippen MR) is 129 cm³/mol. The molecule has 0 aliphatic heterocycles. The average Bonchev–Trinajstić information content (AvgIpc) is 3.16. The Morgan fingerprint density at radius 3 is 1.76 bits per heavy atom. The number of thioether (sulfide) groups is 1. The topological polar surface area (TPSA) is 64.1 Å². The minimum absolute atomic E-state index is 0.463. The van der Waals surface area contributed by atoms with E-state index in [9.17, 15) is 5.11 Å². The third kappa shape index (κ3) is 15.8. The molecular weight excluding hydrogens is 378 g/mol. The van der Waals surface area contributed by atoms with E-state index in [4.69, 9.17) is 5.73 Å². The Morgan fingerprint density at radius 1 is 0.828 bits per heavy atom. The summed E-state index contributed by atoms with van der Waals surface area (Å²) in [7, 11) is 0. The van der Waals surface area contributed by atoms with Crippen molar-refractivity contribution >= 4 is 17.6 Å². The van der Waals surface area contributed by atoms with Crippen LogP contribution in [0.3, 0.4) is 0 Å². The van der Waals surface area contributed by atoms with Crippen molar-refractivity contribution in [2.45, 2.75) is 122 Å². The molecule has 0 fully saturated rings. The summed E-state index contributed by atoms with van der Waals surface area (Å²) in [5, 5.41) is 14.1. The first-order chi connectivity index (χ1) is 14.2. The quantitative estimate of drug-likeness (QED) is 0.202. The molecule has 4 nitrogen and oxygen atoms in total. The maximum absolute atomic E-state index is 10.0. The standard InChI is InChI=1S/C24H47N3OS/c1-2-3-4-5-6-7-8-9-10-11-12-13-14-15-16-17-21-29-22-19-24(28)27-20-18-23(25)26-27/h18,20,24,28H,2-17,19,21-22H2,1H3,(H2,25,26). The van der Waals surface area contributed by atoms with Gasteiger partial charge in [-0.3, -0.25) is 0 Å². The summed E-state index contributed by atoms with van der Waals surface area (Å²) < 4.78 is 1.55. The molecule has 1 atom stereocenters. The molecule has 29 heavy (non-hydrogen) atoms. The van der Waals surface area contributed by atoms with Gasteiger partial charge in [0.2, 0.25) is 0 Å². The Labute approximate surface area is 184 Å². The first-order valence-corrected chi connectivity index (χ1v) is 13.5. The van der Waals surface area contributed by atoms with Crippen molar-refractivity contribution in [2.24, 2.45) is 0 Å². The molecule has 1 unspecified atom stereocenters. The molecule has 0 spiro atoms.